The summed E-state index contributed by atoms with van der Waals surface area (Å²) in [6, 6.07) is 72.3. The summed E-state index contributed by atoms with van der Waals surface area (Å²) in [6.45, 7) is 0. The van der Waals surface area contributed by atoms with Crippen LogP contribution in [0.1, 0.15) is 0 Å². The van der Waals surface area contributed by atoms with Crippen molar-refractivity contribution >= 4 is 53.3 Å². The smallest absolute Gasteiger partial charge is 0.167 e. The van der Waals surface area contributed by atoms with Crippen molar-refractivity contribution in [3.8, 4) is 73.4 Å². The van der Waals surface area contributed by atoms with Crippen LogP contribution in [0.3, 0.4) is 0 Å². The maximum Gasteiger partial charge on any atom is 0.167 e. The van der Waals surface area contributed by atoms with Crippen LogP contribution in [0.2, 0.25) is 0 Å². The van der Waals surface area contributed by atoms with Crippen molar-refractivity contribution in [2.24, 2.45) is 0 Å². The highest BCUT2D eigenvalue weighted by Crippen LogP contribution is 2.45. The second-order valence-corrected chi connectivity index (χ2v) is 16.5. The van der Waals surface area contributed by atoms with E-state index in [1.54, 1.807) is 0 Å². The van der Waals surface area contributed by atoms with Gasteiger partial charge in [-0.15, -0.1) is 11.3 Å². The summed E-state index contributed by atoms with van der Waals surface area (Å²) < 4.78 is 4.84. The van der Waals surface area contributed by atoms with E-state index < -0.39 is 0 Å². The first-order valence-electron chi connectivity index (χ1n) is 20.7. The molecule has 0 atom stereocenters. The molecule has 0 saturated heterocycles. The number of hydrogen-bond acceptors (Lipinski definition) is 5. The minimum atomic E-state index is 0.538. The molecule has 12 aromatic rings. The van der Waals surface area contributed by atoms with E-state index in [1.165, 1.54) is 30.9 Å². The summed E-state index contributed by atoms with van der Waals surface area (Å²) in [7, 11) is 0. The molecule has 0 fully saturated rings. The second-order valence-electron chi connectivity index (χ2n) is 15.4. The quantitative estimate of drug-likeness (QED) is 0.161. The SMILES string of the molecule is c1ccc(-c2ccc(-c3ccccc3)c(-c3cnc(-n4c5ccccc5c5c6c(ccc54)sc4ccccc46)c(-c4nc(-c5ccccc5)nc(-c5ccccc5)n4)c3)c2)cc1. The van der Waals surface area contributed by atoms with E-state index in [2.05, 4.69) is 150 Å². The molecule has 0 aliphatic carbocycles. The molecular formula is C56H35N5S. The van der Waals surface area contributed by atoms with Gasteiger partial charge in [0, 0.05) is 53.8 Å². The summed E-state index contributed by atoms with van der Waals surface area (Å²) in [4.78, 5) is 21.2. The van der Waals surface area contributed by atoms with Gasteiger partial charge in [-0.25, -0.2) is 19.9 Å². The fourth-order valence-corrected chi connectivity index (χ4v) is 9.96. The van der Waals surface area contributed by atoms with Gasteiger partial charge in [0.25, 0.3) is 0 Å². The van der Waals surface area contributed by atoms with Crippen molar-refractivity contribution in [3.63, 3.8) is 0 Å². The molecule has 5 nitrogen and oxygen atoms in total. The Morgan fingerprint density at radius 2 is 0.903 bits per heavy atom. The minimum absolute atomic E-state index is 0.538. The van der Waals surface area contributed by atoms with E-state index in [-0.39, 0.29) is 0 Å². The third-order valence-electron chi connectivity index (χ3n) is 11.7. The average Bonchev–Trinajstić information content (AvgIpc) is 3.90. The average molecular weight is 810 g/mol. The van der Waals surface area contributed by atoms with E-state index in [9.17, 15) is 0 Å². The van der Waals surface area contributed by atoms with Crippen LogP contribution in [0.25, 0.3) is 115 Å². The number of fused-ring (bicyclic) bond motifs is 7. The number of nitrogens with zero attached hydrogens (tertiary/aromatic N) is 5. The van der Waals surface area contributed by atoms with Gasteiger partial charge < -0.3 is 0 Å². The summed E-state index contributed by atoms with van der Waals surface area (Å²) >= 11 is 1.84. The van der Waals surface area contributed by atoms with Gasteiger partial charge in [-0.2, -0.15) is 0 Å². The normalized spacial score (nSPS) is 11.5. The predicted octanol–water partition coefficient (Wildman–Crippen LogP) is 14.7. The Morgan fingerprint density at radius 3 is 1.60 bits per heavy atom. The fraction of sp³-hybridized carbons (Fsp3) is 0. The molecule has 62 heavy (non-hydrogen) atoms. The molecule has 0 spiro atoms. The summed E-state index contributed by atoms with van der Waals surface area (Å²) in [5, 5.41) is 4.90. The molecular weight excluding hydrogens is 775 g/mol. The van der Waals surface area contributed by atoms with Crippen LogP contribution in [0.4, 0.5) is 0 Å². The summed E-state index contributed by atoms with van der Waals surface area (Å²) in [6.07, 6.45) is 2.02. The summed E-state index contributed by atoms with van der Waals surface area (Å²) in [5.41, 5.74) is 11.3. The Bertz CT molecular complexity index is 3560. The molecule has 0 aliphatic rings. The van der Waals surface area contributed by atoms with Gasteiger partial charge in [-0.1, -0.05) is 170 Å². The van der Waals surface area contributed by atoms with Crippen molar-refractivity contribution in [1.82, 2.24) is 24.5 Å². The van der Waals surface area contributed by atoms with E-state index in [4.69, 9.17) is 19.9 Å². The Balaban J connectivity index is 1.19. The molecule has 0 N–H and O–H groups in total. The van der Waals surface area contributed by atoms with E-state index in [0.29, 0.717) is 17.5 Å². The maximum atomic E-state index is 5.51. The molecule has 4 aromatic heterocycles. The number of benzene rings is 8. The predicted molar refractivity (Wildman–Crippen MR) is 257 cm³/mol. The highest BCUT2D eigenvalue weighted by atomic mass is 32.1. The molecule has 0 unspecified atom stereocenters. The summed E-state index contributed by atoms with van der Waals surface area (Å²) in [5.74, 6) is 2.46. The molecule has 0 saturated carbocycles. The number of thiophene rings is 1. The first-order valence-corrected chi connectivity index (χ1v) is 21.5. The van der Waals surface area contributed by atoms with Gasteiger partial charge in [0.05, 0.1) is 16.6 Å². The van der Waals surface area contributed by atoms with Gasteiger partial charge in [-0.05, 0) is 64.2 Å². The number of para-hydroxylation sites is 1. The lowest BCUT2D eigenvalue weighted by molar-refractivity contribution is 1.04. The number of aromatic nitrogens is 5. The Kier molecular flexibility index (Phi) is 8.61. The zero-order valence-corrected chi connectivity index (χ0v) is 34.2. The third-order valence-corrected chi connectivity index (χ3v) is 12.9. The lowest BCUT2D eigenvalue weighted by Gasteiger charge is -2.17. The molecule has 0 bridgehead atoms. The first-order chi connectivity index (χ1) is 30.7. The van der Waals surface area contributed by atoms with Crippen molar-refractivity contribution in [3.05, 3.63) is 212 Å². The highest BCUT2D eigenvalue weighted by molar-refractivity contribution is 7.26. The van der Waals surface area contributed by atoms with Crippen LogP contribution in [-0.2, 0) is 0 Å². The second kappa shape index (κ2) is 14.9. The molecule has 0 amide bonds. The molecule has 8 aromatic carbocycles. The molecule has 12 rings (SSSR count). The minimum Gasteiger partial charge on any atom is -0.293 e. The Labute approximate surface area is 361 Å². The van der Waals surface area contributed by atoms with Crippen molar-refractivity contribution in [2.45, 2.75) is 0 Å². The number of rotatable bonds is 7. The van der Waals surface area contributed by atoms with Crippen molar-refractivity contribution in [2.75, 3.05) is 0 Å². The largest absolute Gasteiger partial charge is 0.293 e. The van der Waals surface area contributed by atoms with Gasteiger partial charge in [0.1, 0.15) is 5.82 Å². The van der Waals surface area contributed by atoms with Crippen LogP contribution < -0.4 is 0 Å². The van der Waals surface area contributed by atoms with Crippen molar-refractivity contribution < 1.29 is 0 Å². The zero-order chi connectivity index (χ0) is 41.0. The first kappa shape index (κ1) is 35.8. The van der Waals surface area contributed by atoms with Crippen LogP contribution in [0.5, 0.6) is 0 Å². The van der Waals surface area contributed by atoms with Crippen LogP contribution in [-0.4, -0.2) is 24.5 Å². The molecule has 290 valence electrons. The topological polar surface area (TPSA) is 56.5 Å². The third kappa shape index (κ3) is 6.08. The standard InChI is InChI=1S/C56H35N5S/c1-5-17-36(18-6-1)40-29-30-42(37-19-7-2-8-20-37)45(33-40)41-34-46(55-59-53(38-21-9-3-10-22-38)58-54(60-55)39-23-11-4-12-24-39)56(57-35-41)61-47-27-15-13-25-43(47)51-48(61)31-32-50-52(51)44-26-14-16-28-49(44)62-50/h1-35H. The van der Waals surface area contributed by atoms with Crippen LogP contribution in [0.15, 0.2) is 212 Å². The molecule has 4 heterocycles. The fourth-order valence-electron chi connectivity index (χ4n) is 8.84. The van der Waals surface area contributed by atoms with E-state index in [0.717, 1.165) is 66.9 Å². The van der Waals surface area contributed by atoms with Gasteiger partial charge in [-0.3, -0.25) is 4.57 Å². The Hall–Kier alpha value is -8.06. The Morgan fingerprint density at radius 1 is 0.339 bits per heavy atom. The van der Waals surface area contributed by atoms with Crippen LogP contribution >= 0.6 is 11.3 Å². The monoisotopic (exact) mass is 809 g/mol. The van der Waals surface area contributed by atoms with Gasteiger partial charge in [0.15, 0.2) is 17.5 Å². The maximum absolute atomic E-state index is 5.51. The highest BCUT2D eigenvalue weighted by Gasteiger charge is 2.24. The number of pyridine rings is 1. The van der Waals surface area contributed by atoms with Crippen LogP contribution in [0, 0.1) is 0 Å². The van der Waals surface area contributed by atoms with E-state index >= 15 is 0 Å². The lowest BCUT2D eigenvalue weighted by atomic mass is 9.91. The zero-order valence-electron chi connectivity index (χ0n) is 33.4. The van der Waals surface area contributed by atoms with E-state index in [1.807, 2.05) is 78.2 Å². The lowest BCUT2D eigenvalue weighted by Crippen LogP contribution is -2.06. The molecule has 6 heteroatoms. The van der Waals surface area contributed by atoms with Gasteiger partial charge in [0.2, 0.25) is 0 Å². The van der Waals surface area contributed by atoms with Crippen molar-refractivity contribution in [1.29, 1.82) is 0 Å². The molecule has 0 radical (unpaired) electrons. The molecule has 0 aliphatic heterocycles. The number of hydrogen-bond donors (Lipinski definition) is 0. The van der Waals surface area contributed by atoms with Gasteiger partial charge >= 0.3 is 0 Å².